The minimum absolute atomic E-state index is 0.0454. The number of benzene rings is 1. The molecule has 0 aromatic heterocycles. The summed E-state index contributed by atoms with van der Waals surface area (Å²) < 4.78 is 10.1. The van der Waals surface area contributed by atoms with Crippen LogP contribution >= 0.6 is 0 Å². The van der Waals surface area contributed by atoms with Crippen LogP contribution in [0.3, 0.4) is 0 Å². The highest BCUT2D eigenvalue weighted by atomic mass is 16.5. The van der Waals surface area contributed by atoms with Crippen LogP contribution < -0.4 is 15.6 Å². The number of hydrogen-bond acceptors (Lipinski definition) is 6. The molecule has 23 heavy (non-hydrogen) atoms. The molecule has 1 aromatic carbocycles. The third kappa shape index (κ3) is 4.44. The zero-order valence-corrected chi connectivity index (χ0v) is 12.4. The van der Waals surface area contributed by atoms with Gasteiger partial charge >= 0.3 is 11.9 Å². The molecule has 1 aliphatic carbocycles. The van der Waals surface area contributed by atoms with Gasteiger partial charge in [0.25, 0.3) is 5.91 Å². The molecule has 0 radical (unpaired) electrons. The summed E-state index contributed by atoms with van der Waals surface area (Å²) in [5.74, 6) is -2.58. The van der Waals surface area contributed by atoms with E-state index in [2.05, 4.69) is 10.2 Å². The average Bonchev–Trinajstić information content (AvgIpc) is 3.36. The molecule has 0 aliphatic heterocycles. The van der Waals surface area contributed by atoms with Crippen LogP contribution in [-0.4, -0.2) is 30.5 Å². The summed E-state index contributed by atoms with van der Waals surface area (Å²) in [4.78, 5) is 34.7. The molecule has 0 unspecified atom stereocenters. The van der Waals surface area contributed by atoms with Gasteiger partial charge in [0.15, 0.2) is 0 Å². The molecule has 8 heteroatoms. The van der Waals surface area contributed by atoms with Gasteiger partial charge in [0.05, 0.1) is 29.9 Å². The second-order valence-electron chi connectivity index (χ2n) is 4.77. The SMILES string of the molecule is CCOC(=O)C(=O)NNC(=O)c1cc(C#N)ccc1OC1CC1. The molecular weight excluding hydrogens is 302 g/mol. The fraction of sp³-hybridized carbons (Fsp3) is 0.333. The number of nitrogens with one attached hydrogen (secondary N) is 2. The lowest BCUT2D eigenvalue weighted by atomic mass is 10.1. The zero-order chi connectivity index (χ0) is 16.8. The number of nitrogens with zero attached hydrogens (tertiary/aromatic N) is 1. The molecule has 0 heterocycles. The molecule has 1 aromatic rings. The number of carbonyl (C=O) groups is 3. The van der Waals surface area contributed by atoms with Gasteiger partial charge in [0, 0.05) is 0 Å². The first-order valence-corrected chi connectivity index (χ1v) is 7.03. The normalized spacial score (nSPS) is 12.7. The second-order valence-corrected chi connectivity index (χ2v) is 4.77. The number of hydrazine groups is 1. The average molecular weight is 317 g/mol. The predicted octanol–water partition coefficient (Wildman–Crippen LogP) is 0.424. The molecule has 0 saturated heterocycles. The lowest BCUT2D eigenvalue weighted by Gasteiger charge is -2.12. The van der Waals surface area contributed by atoms with Crippen molar-refractivity contribution in [2.45, 2.75) is 25.9 Å². The quantitative estimate of drug-likeness (QED) is 0.472. The van der Waals surface area contributed by atoms with E-state index < -0.39 is 17.8 Å². The smallest absolute Gasteiger partial charge is 0.398 e. The number of carbonyl (C=O) groups excluding carboxylic acids is 3. The highest BCUT2D eigenvalue weighted by Crippen LogP contribution is 2.29. The van der Waals surface area contributed by atoms with Gasteiger partial charge in [-0.2, -0.15) is 5.26 Å². The number of esters is 1. The number of amides is 2. The van der Waals surface area contributed by atoms with Gasteiger partial charge in [0.2, 0.25) is 0 Å². The summed E-state index contributed by atoms with van der Waals surface area (Å²) in [6.07, 6.45) is 1.87. The Hall–Kier alpha value is -3.08. The van der Waals surface area contributed by atoms with Gasteiger partial charge in [-0.1, -0.05) is 0 Å². The Kier molecular flexibility index (Phi) is 5.15. The highest BCUT2D eigenvalue weighted by Gasteiger charge is 2.26. The second kappa shape index (κ2) is 7.26. The Balaban J connectivity index is 2.06. The topological polar surface area (TPSA) is 118 Å². The van der Waals surface area contributed by atoms with Crippen LogP contribution in [0.5, 0.6) is 5.75 Å². The van der Waals surface area contributed by atoms with Crippen molar-refractivity contribution in [2.24, 2.45) is 0 Å². The molecule has 0 spiro atoms. The number of hydrogen-bond donors (Lipinski definition) is 2. The van der Waals surface area contributed by atoms with Crippen molar-refractivity contribution >= 4 is 17.8 Å². The monoisotopic (exact) mass is 317 g/mol. The third-order valence-electron chi connectivity index (χ3n) is 2.92. The van der Waals surface area contributed by atoms with Crippen molar-refractivity contribution in [3.05, 3.63) is 29.3 Å². The Bertz CT molecular complexity index is 676. The summed E-state index contributed by atoms with van der Waals surface area (Å²) in [5, 5.41) is 8.93. The van der Waals surface area contributed by atoms with Crippen molar-refractivity contribution in [3.8, 4) is 11.8 Å². The van der Waals surface area contributed by atoms with Gasteiger partial charge in [-0.05, 0) is 38.0 Å². The van der Waals surface area contributed by atoms with Gasteiger partial charge < -0.3 is 9.47 Å². The fourth-order valence-corrected chi connectivity index (χ4v) is 1.67. The summed E-state index contributed by atoms with van der Waals surface area (Å²) in [7, 11) is 0. The van der Waals surface area contributed by atoms with E-state index in [1.165, 1.54) is 18.2 Å². The minimum atomic E-state index is -1.10. The lowest BCUT2D eigenvalue weighted by Crippen LogP contribution is -2.45. The van der Waals surface area contributed by atoms with Gasteiger partial charge in [-0.3, -0.25) is 20.4 Å². The maximum Gasteiger partial charge on any atom is 0.398 e. The van der Waals surface area contributed by atoms with Crippen LogP contribution in [0.15, 0.2) is 18.2 Å². The standard InChI is InChI=1S/C15H15N3O5/c1-2-22-15(21)14(20)18-17-13(19)11-7-9(8-16)3-6-12(11)23-10-4-5-10/h3,6-7,10H,2,4-5H2,1H3,(H,17,19)(H,18,20). The van der Waals surface area contributed by atoms with E-state index in [1.54, 1.807) is 6.92 Å². The lowest BCUT2D eigenvalue weighted by molar-refractivity contribution is -0.154. The predicted molar refractivity (Wildman–Crippen MR) is 77.0 cm³/mol. The summed E-state index contributed by atoms with van der Waals surface area (Å²) in [6.45, 7) is 1.60. The van der Waals surface area contributed by atoms with Crippen molar-refractivity contribution in [1.29, 1.82) is 5.26 Å². The first-order chi connectivity index (χ1) is 11.0. The number of nitriles is 1. The molecule has 1 fully saturated rings. The Morgan fingerprint density at radius 3 is 2.65 bits per heavy atom. The highest BCUT2D eigenvalue weighted by molar-refractivity contribution is 6.32. The largest absolute Gasteiger partial charge is 0.490 e. The van der Waals surface area contributed by atoms with E-state index in [1.807, 2.05) is 11.5 Å². The van der Waals surface area contributed by atoms with E-state index in [9.17, 15) is 14.4 Å². The molecule has 2 amide bonds. The van der Waals surface area contributed by atoms with Gasteiger partial charge in [0.1, 0.15) is 5.75 Å². The van der Waals surface area contributed by atoms with Crippen molar-refractivity contribution in [2.75, 3.05) is 6.61 Å². The Morgan fingerprint density at radius 2 is 2.04 bits per heavy atom. The molecule has 1 saturated carbocycles. The molecule has 1 aliphatic rings. The molecule has 8 nitrogen and oxygen atoms in total. The number of rotatable bonds is 4. The van der Waals surface area contributed by atoms with Crippen LogP contribution in [0.2, 0.25) is 0 Å². The number of ether oxygens (including phenoxy) is 2. The fourth-order valence-electron chi connectivity index (χ4n) is 1.67. The first kappa shape index (κ1) is 16.3. The van der Waals surface area contributed by atoms with Crippen LogP contribution in [0, 0.1) is 11.3 Å². The third-order valence-corrected chi connectivity index (χ3v) is 2.92. The molecule has 2 N–H and O–H groups in total. The summed E-state index contributed by atoms with van der Waals surface area (Å²) >= 11 is 0. The minimum Gasteiger partial charge on any atom is -0.490 e. The van der Waals surface area contributed by atoms with Crippen molar-refractivity contribution in [1.82, 2.24) is 10.9 Å². The molecular formula is C15H15N3O5. The summed E-state index contributed by atoms with van der Waals surface area (Å²) in [6, 6.07) is 6.33. The van der Waals surface area contributed by atoms with E-state index in [0.717, 1.165) is 12.8 Å². The van der Waals surface area contributed by atoms with Gasteiger partial charge in [-0.15, -0.1) is 0 Å². The summed E-state index contributed by atoms with van der Waals surface area (Å²) in [5.41, 5.74) is 4.41. The van der Waals surface area contributed by atoms with E-state index >= 15 is 0 Å². The molecule has 0 bridgehead atoms. The molecule has 0 atom stereocenters. The maximum absolute atomic E-state index is 12.2. The Labute approximate surface area is 132 Å². The molecule has 120 valence electrons. The van der Waals surface area contributed by atoms with E-state index in [-0.39, 0.29) is 23.8 Å². The zero-order valence-electron chi connectivity index (χ0n) is 12.4. The van der Waals surface area contributed by atoms with E-state index in [0.29, 0.717) is 5.75 Å². The van der Waals surface area contributed by atoms with Crippen LogP contribution in [0.1, 0.15) is 35.7 Å². The van der Waals surface area contributed by atoms with Gasteiger partial charge in [-0.25, -0.2) is 4.79 Å². The maximum atomic E-state index is 12.2. The Morgan fingerprint density at radius 1 is 1.30 bits per heavy atom. The van der Waals surface area contributed by atoms with Crippen molar-refractivity contribution < 1.29 is 23.9 Å². The van der Waals surface area contributed by atoms with Crippen LogP contribution in [-0.2, 0) is 14.3 Å². The van der Waals surface area contributed by atoms with Crippen LogP contribution in [0.25, 0.3) is 0 Å². The first-order valence-electron chi connectivity index (χ1n) is 7.03. The van der Waals surface area contributed by atoms with Crippen LogP contribution in [0.4, 0.5) is 0 Å². The van der Waals surface area contributed by atoms with Crippen molar-refractivity contribution in [3.63, 3.8) is 0 Å². The molecule has 2 rings (SSSR count). The van der Waals surface area contributed by atoms with E-state index in [4.69, 9.17) is 10.00 Å².